The van der Waals surface area contributed by atoms with Gasteiger partial charge in [-0.3, -0.25) is 9.80 Å². The predicted octanol–water partition coefficient (Wildman–Crippen LogP) is 0.596. The molecule has 0 radical (unpaired) electrons. The molecule has 3 aliphatic rings. The highest BCUT2D eigenvalue weighted by Gasteiger charge is 2.54. The average Bonchev–Trinajstić information content (AvgIpc) is 2.92. The molecular weight excluding hydrogens is 202 g/mol. The molecule has 4 nitrogen and oxygen atoms in total. The van der Waals surface area contributed by atoms with Gasteiger partial charge in [0.2, 0.25) is 5.91 Å². The highest BCUT2D eigenvalue weighted by molar-refractivity contribution is 5.79. The number of amides is 1. The van der Waals surface area contributed by atoms with Crippen LogP contribution in [0.15, 0.2) is 0 Å². The molecule has 1 N–H and O–H groups in total. The lowest BCUT2D eigenvalue weighted by Gasteiger charge is -2.38. The summed E-state index contributed by atoms with van der Waals surface area (Å²) in [5.41, 5.74) is 0.0969. The van der Waals surface area contributed by atoms with Crippen molar-refractivity contribution in [3.05, 3.63) is 0 Å². The third-order valence-corrected chi connectivity index (χ3v) is 4.66. The quantitative estimate of drug-likeness (QED) is 0.744. The van der Waals surface area contributed by atoms with Gasteiger partial charge < -0.3 is 5.32 Å². The largest absolute Gasteiger partial charge is 0.315 e. The summed E-state index contributed by atoms with van der Waals surface area (Å²) < 4.78 is 0. The average molecular weight is 223 g/mol. The van der Waals surface area contributed by atoms with E-state index >= 15 is 0 Å². The van der Waals surface area contributed by atoms with Gasteiger partial charge in [-0.2, -0.15) is 0 Å². The van der Waals surface area contributed by atoms with E-state index < -0.39 is 0 Å². The van der Waals surface area contributed by atoms with Crippen LogP contribution in [0.4, 0.5) is 0 Å². The van der Waals surface area contributed by atoms with Crippen molar-refractivity contribution >= 4 is 5.91 Å². The number of hydrogen-bond donors (Lipinski definition) is 1. The van der Waals surface area contributed by atoms with Gasteiger partial charge in [0, 0.05) is 25.6 Å². The zero-order chi connectivity index (χ0) is 11.3. The van der Waals surface area contributed by atoms with Gasteiger partial charge in [-0.15, -0.1) is 0 Å². The van der Waals surface area contributed by atoms with E-state index in [0.29, 0.717) is 18.4 Å². The Morgan fingerprint density at radius 2 is 2.12 bits per heavy atom. The third-order valence-electron chi connectivity index (χ3n) is 4.66. The van der Waals surface area contributed by atoms with Gasteiger partial charge >= 0.3 is 0 Å². The molecule has 4 heteroatoms. The minimum Gasteiger partial charge on any atom is -0.315 e. The van der Waals surface area contributed by atoms with Gasteiger partial charge in [0.1, 0.15) is 0 Å². The number of carbonyl (C=O) groups excluding carboxylic acids is 1. The second-order valence-electron chi connectivity index (χ2n) is 5.72. The van der Waals surface area contributed by atoms with Crippen molar-refractivity contribution in [2.24, 2.45) is 5.92 Å². The Morgan fingerprint density at radius 1 is 1.38 bits per heavy atom. The van der Waals surface area contributed by atoms with Crippen molar-refractivity contribution in [2.45, 2.75) is 44.2 Å². The lowest BCUT2D eigenvalue weighted by Crippen LogP contribution is -2.51. The van der Waals surface area contributed by atoms with Crippen molar-refractivity contribution in [1.82, 2.24) is 15.3 Å². The molecule has 1 amide bonds. The van der Waals surface area contributed by atoms with E-state index in [9.17, 15) is 4.79 Å². The monoisotopic (exact) mass is 223 g/mol. The molecule has 90 valence electrons. The fourth-order valence-corrected chi connectivity index (χ4v) is 3.33. The van der Waals surface area contributed by atoms with E-state index in [2.05, 4.69) is 24.3 Å². The van der Waals surface area contributed by atoms with Gasteiger partial charge in [0.15, 0.2) is 0 Å². The number of carbonyl (C=O) groups is 1. The predicted molar refractivity (Wildman–Crippen MR) is 61.6 cm³/mol. The van der Waals surface area contributed by atoms with E-state index in [1.54, 1.807) is 0 Å². The third kappa shape index (κ3) is 1.39. The molecule has 3 fully saturated rings. The van der Waals surface area contributed by atoms with Crippen molar-refractivity contribution in [3.63, 3.8) is 0 Å². The zero-order valence-corrected chi connectivity index (χ0v) is 10.2. The molecular formula is C12H21N3O. The van der Waals surface area contributed by atoms with E-state index in [-0.39, 0.29) is 5.54 Å². The van der Waals surface area contributed by atoms with Crippen LogP contribution in [-0.2, 0) is 4.79 Å². The summed E-state index contributed by atoms with van der Waals surface area (Å²) in [4.78, 5) is 12.2. The van der Waals surface area contributed by atoms with Crippen LogP contribution in [0, 0.1) is 5.92 Å². The van der Waals surface area contributed by atoms with Crippen LogP contribution >= 0.6 is 0 Å². The van der Waals surface area contributed by atoms with Crippen molar-refractivity contribution < 1.29 is 4.79 Å². The maximum absolute atomic E-state index is 12.2. The Balaban J connectivity index is 1.81. The number of rotatable bonds is 2. The first kappa shape index (κ1) is 10.5. The molecule has 0 spiro atoms. The summed E-state index contributed by atoms with van der Waals surface area (Å²) in [5.74, 6) is 1.06. The molecule has 0 bridgehead atoms. The maximum Gasteiger partial charge on any atom is 0.239 e. The first-order chi connectivity index (χ1) is 7.63. The van der Waals surface area contributed by atoms with Gasteiger partial charge in [-0.1, -0.05) is 0 Å². The molecule has 2 atom stereocenters. The smallest absolute Gasteiger partial charge is 0.239 e. The fourth-order valence-electron chi connectivity index (χ4n) is 3.33. The number of hydrogen-bond acceptors (Lipinski definition) is 3. The van der Waals surface area contributed by atoms with Crippen LogP contribution in [0.3, 0.4) is 0 Å². The molecule has 2 unspecified atom stereocenters. The summed E-state index contributed by atoms with van der Waals surface area (Å²) in [7, 11) is 2.10. The van der Waals surface area contributed by atoms with Crippen LogP contribution in [0.2, 0.25) is 0 Å². The Kier molecular flexibility index (Phi) is 2.27. The topological polar surface area (TPSA) is 35.6 Å². The Bertz CT molecular complexity index is 309. The minimum absolute atomic E-state index is 0.0969. The molecule has 16 heavy (non-hydrogen) atoms. The summed E-state index contributed by atoms with van der Waals surface area (Å²) in [5, 5.41) is 7.61. The molecule has 0 aromatic heterocycles. The minimum atomic E-state index is 0.0969. The lowest BCUT2D eigenvalue weighted by atomic mass is 9.93. The van der Waals surface area contributed by atoms with E-state index in [4.69, 9.17) is 0 Å². The Labute approximate surface area is 96.9 Å². The first-order valence-electron chi connectivity index (χ1n) is 6.39. The normalized spacial score (nSPS) is 41.0. The van der Waals surface area contributed by atoms with Crippen LogP contribution in [0.5, 0.6) is 0 Å². The molecule has 2 saturated heterocycles. The highest BCUT2D eigenvalue weighted by Crippen LogP contribution is 2.48. The van der Waals surface area contributed by atoms with E-state index in [0.717, 1.165) is 25.4 Å². The Hall–Kier alpha value is -0.610. The van der Waals surface area contributed by atoms with Crippen LogP contribution in [0.1, 0.15) is 32.6 Å². The maximum atomic E-state index is 12.2. The summed E-state index contributed by atoms with van der Waals surface area (Å²) in [6, 6.07) is 0.387. The molecule has 2 aliphatic heterocycles. The van der Waals surface area contributed by atoms with Gasteiger partial charge in [0.05, 0.1) is 6.04 Å². The van der Waals surface area contributed by atoms with Gasteiger partial charge in [-0.25, -0.2) is 5.01 Å². The molecule has 3 rings (SSSR count). The van der Waals surface area contributed by atoms with Gasteiger partial charge in [0.25, 0.3) is 0 Å². The van der Waals surface area contributed by atoms with Crippen LogP contribution in [0.25, 0.3) is 0 Å². The summed E-state index contributed by atoms with van der Waals surface area (Å²) in [6.45, 7) is 4.25. The highest BCUT2D eigenvalue weighted by atomic mass is 16.2. The molecule has 0 aromatic carbocycles. The molecule has 0 aromatic rings. The van der Waals surface area contributed by atoms with Gasteiger partial charge in [-0.05, 0) is 38.6 Å². The number of nitrogens with zero attached hydrogens (tertiary/aromatic N) is 2. The summed E-state index contributed by atoms with van der Waals surface area (Å²) in [6.07, 6.45) is 4.40. The Morgan fingerprint density at radius 3 is 2.69 bits per heavy atom. The second kappa shape index (κ2) is 3.44. The van der Waals surface area contributed by atoms with Crippen molar-refractivity contribution in [1.29, 1.82) is 0 Å². The number of hydrazine groups is 1. The molecule has 2 heterocycles. The zero-order valence-electron chi connectivity index (χ0n) is 10.2. The van der Waals surface area contributed by atoms with Crippen LogP contribution < -0.4 is 5.32 Å². The van der Waals surface area contributed by atoms with E-state index in [1.165, 1.54) is 12.8 Å². The van der Waals surface area contributed by atoms with E-state index in [1.807, 2.05) is 5.01 Å². The fraction of sp³-hybridized carbons (Fsp3) is 0.917. The number of nitrogens with one attached hydrogen (secondary N) is 1. The molecule has 1 aliphatic carbocycles. The van der Waals surface area contributed by atoms with Crippen molar-refractivity contribution in [2.75, 3.05) is 20.1 Å². The summed E-state index contributed by atoms with van der Waals surface area (Å²) >= 11 is 0. The lowest BCUT2D eigenvalue weighted by molar-refractivity contribution is -0.143. The standard InChI is InChI=1S/C12H21N3O/c1-12(9-3-4-9)7-11(16)15(14(12)2)10-5-6-13-8-10/h9-10,13H,3-8H2,1-2H3. The van der Waals surface area contributed by atoms with Crippen molar-refractivity contribution in [3.8, 4) is 0 Å². The molecule has 1 saturated carbocycles. The second-order valence-corrected chi connectivity index (χ2v) is 5.72. The first-order valence-corrected chi connectivity index (χ1v) is 6.39. The van der Waals surface area contributed by atoms with Crippen LogP contribution in [-0.4, -0.2) is 47.6 Å². The SMILES string of the molecule is CN1N(C2CCNC2)C(=O)CC1(C)C1CC1.